The van der Waals surface area contributed by atoms with Crippen LogP contribution in [-0.2, 0) is 10.4 Å². The van der Waals surface area contributed by atoms with Gasteiger partial charge in [-0.05, 0) is 12.1 Å². The summed E-state index contributed by atoms with van der Waals surface area (Å²) in [6.45, 7) is 2.15. The summed E-state index contributed by atoms with van der Waals surface area (Å²) in [4.78, 5) is 4.21. The van der Waals surface area contributed by atoms with Gasteiger partial charge < -0.3 is 10.1 Å². The van der Waals surface area contributed by atoms with Gasteiger partial charge in [-0.2, -0.15) is 8.42 Å². The monoisotopic (exact) mass is 342 g/mol. The molecule has 0 aliphatic carbocycles. The van der Waals surface area contributed by atoms with Crippen molar-refractivity contribution in [1.82, 2.24) is 5.32 Å². The molecule has 1 heterocycles. The second kappa shape index (κ2) is 7.65. The Bertz CT molecular complexity index is 583. The average molecular weight is 343 g/mol. The summed E-state index contributed by atoms with van der Waals surface area (Å²) in [5.41, 5.74) is 0. The largest absolute Gasteiger partial charge is 0.486 e. The standard InChI is InChI=1S/C10H10Cl2N2O.H2O4S/c11-8-2-1-7(5-9(8)12)15-6-10-13-3-4-14-10;1-5(2,3)4/h1-2,5H,3-4,6H2,(H,13,14);(H2,1,2,3,4). The predicted molar refractivity (Wildman–Crippen MR) is 76.4 cm³/mol. The topological polar surface area (TPSA) is 108 Å². The van der Waals surface area contributed by atoms with Crippen molar-refractivity contribution in [2.75, 3.05) is 19.7 Å². The van der Waals surface area contributed by atoms with Crippen molar-refractivity contribution in [3.8, 4) is 5.75 Å². The number of rotatable bonds is 3. The van der Waals surface area contributed by atoms with Gasteiger partial charge in [0, 0.05) is 12.6 Å². The first-order chi connectivity index (χ1) is 9.25. The third-order valence-corrected chi connectivity index (χ3v) is 2.75. The Labute approximate surface area is 126 Å². The second-order valence-electron chi connectivity index (χ2n) is 3.57. The van der Waals surface area contributed by atoms with Crippen molar-refractivity contribution in [3.63, 3.8) is 0 Å². The van der Waals surface area contributed by atoms with E-state index in [2.05, 4.69) is 10.3 Å². The maximum atomic E-state index is 8.74. The SMILES string of the molecule is Clc1ccc(OCC2=NCCN2)cc1Cl.O=S(=O)(O)O. The highest BCUT2D eigenvalue weighted by molar-refractivity contribution is 7.79. The first-order valence-electron chi connectivity index (χ1n) is 5.30. The molecule has 1 aliphatic rings. The summed E-state index contributed by atoms with van der Waals surface area (Å²) < 4.78 is 37.1. The maximum absolute atomic E-state index is 8.74. The van der Waals surface area contributed by atoms with Crippen LogP contribution < -0.4 is 10.1 Å². The molecule has 0 radical (unpaired) electrons. The molecule has 0 atom stereocenters. The first-order valence-corrected chi connectivity index (χ1v) is 7.46. The highest BCUT2D eigenvalue weighted by atomic mass is 35.5. The van der Waals surface area contributed by atoms with Crippen LogP contribution in [0.4, 0.5) is 0 Å². The van der Waals surface area contributed by atoms with E-state index in [1.165, 1.54) is 0 Å². The van der Waals surface area contributed by atoms with E-state index in [0.29, 0.717) is 22.4 Å². The van der Waals surface area contributed by atoms with Crippen molar-refractivity contribution in [3.05, 3.63) is 28.2 Å². The molecule has 0 spiro atoms. The number of aliphatic imine (C=N–C) groups is 1. The first kappa shape index (κ1) is 17.0. The number of halogens is 2. The average Bonchev–Trinajstić information content (AvgIpc) is 2.81. The van der Waals surface area contributed by atoms with Gasteiger partial charge in [0.1, 0.15) is 18.2 Å². The van der Waals surface area contributed by atoms with Crippen LogP contribution in [0.1, 0.15) is 0 Å². The molecular weight excluding hydrogens is 331 g/mol. The molecule has 0 saturated carbocycles. The van der Waals surface area contributed by atoms with E-state index in [0.717, 1.165) is 18.9 Å². The number of hydrogen-bond donors (Lipinski definition) is 3. The van der Waals surface area contributed by atoms with Crippen LogP contribution in [0.15, 0.2) is 23.2 Å². The van der Waals surface area contributed by atoms with Crippen LogP contribution in [0.5, 0.6) is 5.75 Å². The minimum atomic E-state index is -4.67. The summed E-state index contributed by atoms with van der Waals surface area (Å²) in [7, 11) is -4.67. The van der Waals surface area contributed by atoms with Crippen molar-refractivity contribution >= 4 is 39.4 Å². The minimum Gasteiger partial charge on any atom is -0.486 e. The van der Waals surface area contributed by atoms with Crippen LogP contribution in [0.3, 0.4) is 0 Å². The summed E-state index contributed by atoms with van der Waals surface area (Å²) in [6.07, 6.45) is 0. The Morgan fingerprint density at radius 2 is 1.95 bits per heavy atom. The number of ether oxygens (including phenoxy) is 1. The molecule has 7 nitrogen and oxygen atoms in total. The molecule has 1 aromatic carbocycles. The van der Waals surface area contributed by atoms with E-state index in [4.69, 9.17) is 45.5 Å². The lowest BCUT2D eigenvalue weighted by atomic mass is 10.3. The van der Waals surface area contributed by atoms with Crippen LogP contribution in [0.2, 0.25) is 10.0 Å². The Kier molecular flexibility index (Phi) is 6.50. The predicted octanol–water partition coefficient (Wildman–Crippen LogP) is 1.72. The number of nitrogens with one attached hydrogen (secondary N) is 1. The fourth-order valence-electron chi connectivity index (χ4n) is 1.26. The quantitative estimate of drug-likeness (QED) is 0.721. The van der Waals surface area contributed by atoms with Crippen molar-refractivity contribution in [1.29, 1.82) is 0 Å². The van der Waals surface area contributed by atoms with Crippen LogP contribution >= 0.6 is 23.2 Å². The van der Waals surface area contributed by atoms with Gasteiger partial charge in [-0.25, -0.2) is 0 Å². The van der Waals surface area contributed by atoms with E-state index in [1.807, 2.05) is 0 Å². The Hall–Kier alpha value is -1.06. The normalized spacial score (nSPS) is 13.9. The van der Waals surface area contributed by atoms with Crippen LogP contribution in [0.25, 0.3) is 0 Å². The van der Waals surface area contributed by atoms with E-state index >= 15 is 0 Å². The fraction of sp³-hybridized carbons (Fsp3) is 0.300. The molecule has 0 amide bonds. The highest BCUT2D eigenvalue weighted by Gasteiger charge is 2.06. The Balaban J connectivity index is 0.000000347. The van der Waals surface area contributed by atoms with E-state index in [-0.39, 0.29) is 0 Å². The number of amidine groups is 1. The van der Waals surface area contributed by atoms with E-state index in [9.17, 15) is 0 Å². The van der Waals surface area contributed by atoms with Crippen LogP contribution in [0, 0.1) is 0 Å². The number of nitrogens with zero attached hydrogens (tertiary/aromatic N) is 1. The van der Waals surface area contributed by atoms with Gasteiger partial charge in [-0.3, -0.25) is 14.1 Å². The van der Waals surface area contributed by atoms with Crippen molar-refractivity contribution in [2.24, 2.45) is 4.99 Å². The second-order valence-corrected chi connectivity index (χ2v) is 5.28. The molecule has 1 aliphatic heterocycles. The van der Waals surface area contributed by atoms with Gasteiger partial charge in [0.25, 0.3) is 0 Å². The summed E-state index contributed by atoms with van der Waals surface area (Å²) in [6, 6.07) is 5.19. The molecule has 0 saturated heterocycles. The molecule has 112 valence electrons. The van der Waals surface area contributed by atoms with E-state index < -0.39 is 10.4 Å². The molecule has 1 aromatic rings. The molecule has 0 fully saturated rings. The zero-order valence-electron chi connectivity index (χ0n) is 10.1. The fourth-order valence-corrected chi connectivity index (χ4v) is 1.55. The molecular formula is C10H12Cl2N2O5S. The number of benzene rings is 1. The molecule has 0 unspecified atom stereocenters. The van der Waals surface area contributed by atoms with E-state index in [1.54, 1.807) is 18.2 Å². The van der Waals surface area contributed by atoms with Gasteiger partial charge in [0.15, 0.2) is 0 Å². The smallest absolute Gasteiger partial charge is 0.394 e. The summed E-state index contributed by atoms with van der Waals surface area (Å²) in [5, 5.41) is 4.14. The lowest BCUT2D eigenvalue weighted by Crippen LogP contribution is -2.24. The van der Waals surface area contributed by atoms with Gasteiger partial charge >= 0.3 is 10.4 Å². The highest BCUT2D eigenvalue weighted by Crippen LogP contribution is 2.26. The molecule has 20 heavy (non-hydrogen) atoms. The van der Waals surface area contributed by atoms with Gasteiger partial charge in [-0.1, -0.05) is 23.2 Å². The third kappa shape index (κ3) is 7.51. The summed E-state index contributed by atoms with van der Waals surface area (Å²) >= 11 is 11.6. The lowest BCUT2D eigenvalue weighted by molar-refractivity contribution is 0.373. The molecule has 2 rings (SSSR count). The Morgan fingerprint density at radius 3 is 2.45 bits per heavy atom. The molecule has 3 N–H and O–H groups in total. The molecule has 10 heteroatoms. The maximum Gasteiger partial charge on any atom is 0.394 e. The van der Waals surface area contributed by atoms with Gasteiger partial charge in [0.05, 0.1) is 16.6 Å². The molecule has 0 bridgehead atoms. The minimum absolute atomic E-state index is 0.442. The van der Waals surface area contributed by atoms with Crippen LogP contribution in [-0.4, -0.2) is 43.1 Å². The molecule has 0 aromatic heterocycles. The zero-order chi connectivity index (χ0) is 15.2. The summed E-state index contributed by atoms with van der Waals surface area (Å²) in [5.74, 6) is 1.57. The lowest BCUT2D eigenvalue weighted by Gasteiger charge is -2.07. The zero-order valence-corrected chi connectivity index (χ0v) is 12.4. The number of hydrogen-bond acceptors (Lipinski definition) is 5. The van der Waals surface area contributed by atoms with Crippen molar-refractivity contribution in [2.45, 2.75) is 0 Å². The van der Waals surface area contributed by atoms with Gasteiger partial charge in [0.2, 0.25) is 0 Å². The van der Waals surface area contributed by atoms with Crippen molar-refractivity contribution < 1.29 is 22.3 Å². The third-order valence-electron chi connectivity index (χ3n) is 2.01. The Morgan fingerprint density at radius 1 is 1.30 bits per heavy atom. The van der Waals surface area contributed by atoms with Gasteiger partial charge in [-0.15, -0.1) is 0 Å².